The SMILES string of the molecule is NC(=O)NCC1CCCN(C(=O)CC2CNCCO2)C1. The van der Waals surface area contributed by atoms with E-state index in [-0.39, 0.29) is 12.0 Å². The second kappa shape index (κ2) is 7.44. The third-order valence-corrected chi connectivity index (χ3v) is 3.84. The molecule has 7 nitrogen and oxygen atoms in total. The summed E-state index contributed by atoms with van der Waals surface area (Å²) < 4.78 is 5.56. The molecule has 2 aliphatic heterocycles. The van der Waals surface area contributed by atoms with Gasteiger partial charge in [0.2, 0.25) is 5.91 Å². The number of rotatable bonds is 4. The molecule has 0 aliphatic carbocycles. The highest BCUT2D eigenvalue weighted by molar-refractivity contribution is 5.77. The van der Waals surface area contributed by atoms with Crippen molar-refractivity contribution in [2.24, 2.45) is 11.7 Å². The first kappa shape index (κ1) is 15.1. The van der Waals surface area contributed by atoms with Crippen LogP contribution in [0, 0.1) is 5.92 Å². The van der Waals surface area contributed by atoms with Gasteiger partial charge in [0.05, 0.1) is 19.1 Å². The second-order valence-electron chi connectivity index (χ2n) is 5.49. The van der Waals surface area contributed by atoms with Crippen molar-refractivity contribution in [1.82, 2.24) is 15.5 Å². The van der Waals surface area contributed by atoms with E-state index in [0.717, 1.165) is 32.5 Å². The Balaban J connectivity index is 1.75. The maximum atomic E-state index is 12.3. The molecule has 0 bridgehead atoms. The minimum absolute atomic E-state index is 0.0135. The van der Waals surface area contributed by atoms with E-state index in [4.69, 9.17) is 10.5 Å². The highest BCUT2D eigenvalue weighted by atomic mass is 16.5. The van der Waals surface area contributed by atoms with Gasteiger partial charge in [0.15, 0.2) is 0 Å². The number of amides is 3. The lowest BCUT2D eigenvalue weighted by Crippen LogP contribution is -2.47. The first-order chi connectivity index (χ1) is 9.65. The molecule has 4 N–H and O–H groups in total. The monoisotopic (exact) mass is 284 g/mol. The number of carbonyl (C=O) groups is 2. The lowest BCUT2D eigenvalue weighted by atomic mass is 9.97. The molecule has 0 radical (unpaired) electrons. The first-order valence-electron chi connectivity index (χ1n) is 7.28. The zero-order valence-corrected chi connectivity index (χ0v) is 11.8. The molecule has 114 valence electrons. The Hall–Kier alpha value is -1.34. The lowest BCUT2D eigenvalue weighted by Gasteiger charge is -2.34. The molecule has 2 fully saturated rings. The Bertz CT molecular complexity index is 345. The molecule has 0 aromatic heterocycles. The summed E-state index contributed by atoms with van der Waals surface area (Å²) >= 11 is 0. The van der Waals surface area contributed by atoms with Crippen LogP contribution in [0.15, 0.2) is 0 Å². The molecule has 0 spiro atoms. The molecule has 2 rings (SSSR count). The molecule has 3 amide bonds. The van der Waals surface area contributed by atoms with Crippen LogP contribution < -0.4 is 16.4 Å². The fourth-order valence-corrected chi connectivity index (χ4v) is 2.78. The predicted molar refractivity (Wildman–Crippen MR) is 74.1 cm³/mol. The molecule has 0 aromatic rings. The Morgan fingerprint density at radius 1 is 1.45 bits per heavy atom. The first-order valence-corrected chi connectivity index (χ1v) is 7.28. The van der Waals surface area contributed by atoms with Gasteiger partial charge in [-0.3, -0.25) is 4.79 Å². The number of nitrogens with two attached hydrogens (primary N) is 1. The summed E-state index contributed by atoms with van der Waals surface area (Å²) in [6.07, 6.45) is 2.41. The molecule has 2 saturated heterocycles. The number of urea groups is 1. The molecular weight excluding hydrogens is 260 g/mol. The number of hydrogen-bond acceptors (Lipinski definition) is 4. The molecule has 2 unspecified atom stereocenters. The lowest BCUT2D eigenvalue weighted by molar-refractivity contribution is -0.136. The molecule has 2 aliphatic rings. The Morgan fingerprint density at radius 2 is 2.30 bits per heavy atom. The second-order valence-corrected chi connectivity index (χ2v) is 5.49. The van der Waals surface area contributed by atoms with Crippen molar-refractivity contribution >= 4 is 11.9 Å². The number of nitrogens with zero attached hydrogens (tertiary/aromatic N) is 1. The van der Waals surface area contributed by atoms with Crippen molar-refractivity contribution in [2.75, 3.05) is 39.3 Å². The van der Waals surface area contributed by atoms with Crippen LogP contribution in [0.5, 0.6) is 0 Å². The number of morpholine rings is 1. The molecule has 7 heteroatoms. The van der Waals surface area contributed by atoms with Crippen LogP contribution in [0.2, 0.25) is 0 Å². The molecule has 20 heavy (non-hydrogen) atoms. The van der Waals surface area contributed by atoms with Gasteiger partial charge in [-0.25, -0.2) is 4.79 Å². The van der Waals surface area contributed by atoms with Crippen LogP contribution >= 0.6 is 0 Å². The fraction of sp³-hybridized carbons (Fsp3) is 0.846. The summed E-state index contributed by atoms with van der Waals surface area (Å²) in [6.45, 7) is 4.30. The van der Waals surface area contributed by atoms with E-state index >= 15 is 0 Å². The third-order valence-electron chi connectivity index (χ3n) is 3.84. The molecule has 0 aromatic carbocycles. The number of nitrogens with one attached hydrogen (secondary N) is 2. The summed E-state index contributed by atoms with van der Waals surface area (Å²) in [5, 5.41) is 5.85. The van der Waals surface area contributed by atoms with E-state index < -0.39 is 6.03 Å². The van der Waals surface area contributed by atoms with E-state index in [1.165, 1.54) is 0 Å². The highest BCUT2D eigenvalue weighted by Gasteiger charge is 2.26. The van der Waals surface area contributed by atoms with Crippen LogP contribution in [0.25, 0.3) is 0 Å². The molecule has 2 atom stereocenters. The Kier molecular flexibility index (Phi) is 5.60. The predicted octanol–water partition coefficient (Wildman–Crippen LogP) is -0.728. The summed E-state index contributed by atoms with van der Waals surface area (Å²) in [6, 6.07) is -0.505. The van der Waals surface area contributed by atoms with E-state index in [0.29, 0.717) is 32.0 Å². The maximum absolute atomic E-state index is 12.3. The van der Waals surface area contributed by atoms with E-state index in [9.17, 15) is 9.59 Å². The van der Waals surface area contributed by atoms with Crippen molar-refractivity contribution in [1.29, 1.82) is 0 Å². The highest BCUT2D eigenvalue weighted by Crippen LogP contribution is 2.17. The van der Waals surface area contributed by atoms with Gasteiger partial charge in [-0.1, -0.05) is 0 Å². The quantitative estimate of drug-likeness (QED) is 0.634. The summed E-state index contributed by atoms with van der Waals surface area (Å²) in [7, 11) is 0. The Morgan fingerprint density at radius 3 is 3.00 bits per heavy atom. The van der Waals surface area contributed by atoms with Crippen molar-refractivity contribution in [2.45, 2.75) is 25.4 Å². The van der Waals surface area contributed by atoms with Crippen LogP contribution in [0.1, 0.15) is 19.3 Å². The van der Waals surface area contributed by atoms with Gasteiger partial charge in [-0.05, 0) is 18.8 Å². The molecular formula is C13H24N4O3. The number of carbonyl (C=O) groups excluding carboxylic acids is 2. The number of primary amides is 1. The summed E-state index contributed by atoms with van der Waals surface area (Å²) in [5.74, 6) is 0.438. The van der Waals surface area contributed by atoms with Crippen molar-refractivity contribution in [3.63, 3.8) is 0 Å². The van der Waals surface area contributed by atoms with Gasteiger partial charge in [-0.15, -0.1) is 0 Å². The van der Waals surface area contributed by atoms with Crippen LogP contribution in [0.3, 0.4) is 0 Å². The topological polar surface area (TPSA) is 96.7 Å². The van der Waals surface area contributed by atoms with Gasteiger partial charge >= 0.3 is 6.03 Å². The van der Waals surface area contributed by atoms with Crippen molar-refractivity contribution in [3.05, 3.63) is 0 Å². The van der Waals surface area contributed by atoms with Gasteiger partial charge < -0.3 is 26.0 Å². The number of hydrogen-bond donors (Lipinski definition) is 3. The largest absolute Gasteiger partial charge is 0.375 e. The average Bonchev–Trinajstić information content (AvgIpc) is 2.46. The van der Waals surface area contributed by atoms with Crippen LogP contribution in [-0.4, -0.2) is 62.3 Å². The minimum atomic E-state index is -0.505. The fourth-order valence-electron chi connectivity index (χ4n) is 2.78. The third kappa shape index (κ3) is 4.64. The number of likely N-dealkylation sites (tertiary alicyclic amines) is 1. The van der Waals surface area contributed by atoms with E-state index in [2.05, 4.69) is 10.6 Å². The van der Waals surface area contributed by atoms with Crippen molar-refractivity contribution in [3.8, 4) is 0 Å². The van der Waals surface area contributed by atoms with E-state index in [1.807, 2.05) is 4.90 Å². The summed E-state index contributed by atoms with van der Waals surface area (Å²) in [5.41, 5.74) is 5.07. The zero-order chi connectivity index (χ0) is 14.4. The Labute approximate surface area is 119 Å². The standard InChI is InChI=1S/C13H24N4O3/c14-13(19)16-7-10-2-1-4-17(9-10)12(18)6-11-8-15-3-5-20-11/h10-11,15H,1-9H2,(H3,14,16,19). The van der Waals surface area contributed by atoms with Crippen molar-refractivity contribution < 1.29 is 14.3 Å². The van der Waals surface area contributed by atoms with Gasteiger partial charge in [0.1, 0.15) is 0 Å². The van der Waals surface area contributed by atoms with E-state index in [1.54, 1.807) is 0 Å². The van der Waals surface area contributed by atoms with Crippen LogP contribution in [0.4, 0.5) is 4.79 Å². The van der Waals surface area contributed by atoms with Gasteiger partial charge in [0, 0.05) is 32.7 Å². The number of ether oxygens (including phenoxy) is 1. The summed E-state index contributed by atoms with van der Waals surface area (Å²) in [4.78, 5) is 24.9. The smallest absolute Gasteiger partial charge is 0.312 e. The minimum Gasteiger partial charge on any atom is -0.375 e. The average molecular weight is 284 g/mol. The molecule has 2 heterocycles. The zero-order valence-electron chi connectivity index (χ0n) is 11.8. The van der Waals surface area contributed by atoms with Gasteiger partial charge in [0.25, 0.3) is 0 Å². The normalized spacial score (nSPS) is 27.1. The molecule has 0 saturated carbocycles. The van der Waals surface area contributed by atoms with Gasteiger partial charge in [-0.2, -0.15) is 0 Å². The number of piperidine rings is 1. The van der Waals surface area contributed by atoms with Crippen LogP contribution in [-0.2, 0) is 9.53 Å². The maximum Gasteiger partial charge on any atom is 0.312 e.